The Morgan fingerprint density at radius 1 is 1.26 bits per heavy atom. The third-order valence-electron chi connectivity index (χ3n) is 2.53. The van der Waals surface area contributed by atoms with Gasteiger partial charge >= 0.3 is 5.76 Å². The molecule has 1 unspecified atom stereocenters. The maximum atomic E-state index is 12.3. The van der Waals surface area contributed by atoms with Gasteiger partial charge in [0.1, 0.15) is 0 Å². The van der Waals surface area contributed by atoms with Crippen molar-refractivity contribution >= 4 is 27.1 Å². The van der Waals surface area contributed by atoms with Crippen LogP contribution in [-0.4, -0.2) is 26.1 Å². The number of nitrogens with one attached hydrogen (secondary N) is 1. The first-order valence-corrected chi connectivity index (χ1v) is 7.82. The number of alkyl halides is 3. The average Bonchev–Trinajstić information content (AvgIpc) is 2.35. The predicted molar refractivity (Wildman–Crippen MR) is 72.7 cm³/mol. The minimum atomic E-state index is -4.51. The lowest BCUT2D eigenvalue weighted by molar-refractivity contribution is 0.234. The molecule has 7 heteroatoms. The predicted octanol–water partition coefficient (Wildman–Crippen LogP) is 3.50. The highest BCUT2D eigenvalue weighted by Crippen LogP contribution is 2.20. The molecule has 1 aromatic carbocycles. The van der Waals surface area contributed by atoms with Gasteiger partial charge < -0.3 is 5.32 Å². The number of hydrogen-bond acceptors (Lipinski definition) is 3. The van der Waals surface area contributed by atoms with E-state index in [0.29, 0.717) is 12.2 Å². The van der Waals surface area contributed by atoms with Crippen LogP contribution in [-0.2, 0) is 9.84 Å². The fraction of sp³-hybridized carbons (Fsp3) is 0.500. The molecule has 1 aromatic rings. The molecule has 0 saturated carbocycles. The van der Waals surface area contributed by atoms with E-state index in [4.69, 9.17) is 11.6 Å². The molecule has 0 aromatic heterocycles. The third-order valence-corrected chi connectivity index (χ3v) is 4.14. The van der Waals surface area contributed by atoms with E-state index in [0.717, 1.165) is 12.8 Å². The van der Waals surface area contributed by atoms with Crippen LogP contribution in [0.15, 0.2) is 29.2 Å². The molecule has 0 radical (unpaired) electrons. The van der Waals surface area contributed by atoms with Crippen molar-refractivity contribution in [2.45, 2.75) is 35.8 Å². The van der Waals surface area contributed by atoms with Crippen LogP contribution in [0.4, 0.5) is 14.5 Å². The molecule has 0 spiro atoms. The number of rotatable bonds is 7. The van der Waals surface area contributed by atoms with Gasteiger partial charge in [-0.05, 0) is 44.0 Å². The molecule has 0 aliphatic rings. The van der Waals surface area contributed by atoms with Crippen molar-refractivity contribution in [2.24, 2.45) is 0 Å². The monoisotopic (exact) mass is 311 g/mol. The molecule has 0 fully saturated rings. The maximum absolute atomic E-state index is 12.3. The Morgan fingerprint density at radius 3 is 2.32 bits per heavy atom. The van der Waals surface area contributed by atoms with E-state index in [2.05, 4.69) is 5.32 Å². The average molecular weight is 312 g/mol. The van der Waals surface area contributed by atoms with Gasteiger partial charge in [-0.3, -0.25) is 0 Å². The van der Waals surface area contributed by atoms with Crippen molar-refractivity contribution in [2.75, 3.05) is 11.9 Å². The summed E-state index contributed by atoms with van der Waals surface area (Å²) < 4.78 is 47.0. The minimum absolute atomic E-state index is 0.111. The lowest BCUT2D eigenvalue weighted by Gasteiger charge is -2.08. The zero-order valence-electron chi connectivity index (χ0n) is 10.4. The topological polar surface area (TPSA) is 46.2 Å². The zero-order chi connectivity index (χ0) is 14.5. The second kappa shape index (κ2) is 7.05. The molecule has 0 aliphatic heterocycles. The van der Waals surface area contributed by atoms with Crippen LogP contribution in [0.2, 0.25) is 0 Å². The molecule has 0 saturated heterocycles. The SMILES string of the molecule is CC(Cl)CCCNc1ccc(S(=O)(=O)C(F)F)cc1. The molecule has 0 heterocycles. The molecule has 3 nitrogen and oxygen atoms in total. The molecule has 1 atom stereocenters. The highest BCUT2D eigenvalue weighted by molar-refractivity contribution is 7.91. The van der Waals surface area contributed by atoms with E-state index in [1.165, 1.54) is 24.3 Å². The summed E-state index contributed by atoms with van der Waals surface area (Å²) in [6.07, 6.45) is 1.74. The zero-order valence-corrected chi connectivity index (χ0v) is 12.0. The largest absolute Gasteiger partial charge is 0.385 e. The van der Waals surface area contributed by atoms with Crippen molar-refractivity contribution in [3.05, 3.63) is 24.3 Å². The van der Waals surface area contributed by atoms with E-state index in [9.17, 15) is 17.2 Å². The maximum Gasteiger partial charge on any atom is 0.341 e. The van der Waals surface area contributed by atoms with Crippen LogP contribution in [0.3, 0.4) is 0 Å². The molecule has 0 aliphatic carbocycles. The number of hydrogen-bond donors (Lipinski definition) is 1. The molecule has 1 N–H and O–H groups in total. The molecule has 1 rings (SSSR count). The van der Waals surface area contributed by atoms with Gasteiger partial charge in [-0.2, -0.15) is 8.78 Å². The Bertz CT molecular complexity index is 489. The molecule has 0 amide bonds. The Hall–Kier alpha value is -0.880. The summed E-state index contributed by atoms with van der Waals surface area (Å²) >= 11 is 5.79. The van der Waals surface area contributed by atoms with Gasteiger partial charge in [-0.1, -0.05) is 0 Å². The van der Waals surface area contributed by atoms with Crippen LogP contribution < -0.4 is 5.32 Å². The summed E-state index contributed by atoms with van der Waals surface area (Å²) in [5.74, 6) is -3.39. The molecule has 108 valence electrons. The van der Waals surface area contributed by atoms with Crippen molar-refractivity contribution in [1.29, 1.82) is 0 Å². The first kappa shape index (κ1) is 16.2. The fourth-order valence-electron chi connectivity index (χ4n) is 1.48. The van der Waals surface area contributed by atoms with Gasteiger partial charge in [0.05, 0.1) is 4.90 Å². The summed E-state index contributed by atoms with van der Waals surface area (Å²) in [7, 11) is -4.51. The van der Waals surface area contributed by atoms with Crippen molar-refractivity contribution < 1.29 is 17.2 Å². The van der Waals surface area contributed by atoms with Crippen LogP contribution in [0.25, 0.3) is 0 Å². The second-order valence-electron chi connectivity index (χ2n) is 4.18. The molecule has 0 bridgehead atoms. The van der Waals surface area contributed by atoms with Gasteiger partial charge in [-0.15, -0.1) is 11.6 Å². The van der Waals surface area contributed by atoms with Gasteiger partial charge in [0.25, 0.3) is 0 Å². The third kappa shape index (κ3) is 4.95. The summed E-state index contributed by atoms with van der Waals surface area (Å²) in [4.78, 5) is -0.373. The molecule has 19 heavy (non-hydrogen) atoms. The van der Waals surface area contributed by atoms with Crippen molar-refractivity contribution in [1.82, 2.24) is 0 Å². The second-order valence-corrected chi connectivity index (χ2v) is 6.84. The quantitative estimate of drug-likeness (QED) is 0.619. The highest BCUT2D eigenvalue weighted by atomic mass is 35.5. The van der Waals surface area contributed by atoms with E-state index < -0.39 is 15.6 Å². The van der Waals surface area contributed by atoms with Crippen molar-refractivity contribution in [3.8, 4) is 0 Å². The normalized spacial score (nSPS) is 13.5. The number of anilines is 1. The highest BCUT2D eigenvalue weighted by Gasteiger charge is 2.26. The van der Waals surface area contributed by atoms with Crippen LogP contribution in [0.5, 0.6) is 0 Å². The molecular formula is C12H16ClF2NO2S. The van der Waals surface area contributed by atoms with E-state index in [1.54, 1.807) is 0 Å². The summed E-state index contributed by atoms with van der Waals surface area (Å²) in [5, 5.41) is 3.18. The molecular weight excluding hydrogens is 296 g/mol. The van der Waals surface area contributed by atoms with E-state index in [1.807, 2.05) is 6.92 Å². The Morgan fingerprint density at radius 2 is 1.84 bits per heavy atom. The Kier molecular flexibility index (Phi) is 6.00. The van der Waals surface area contributed by atoms with Crippen molar-refractivity contribution in [3.63, 3.8) is 0 Å². The lowest BCUT2D eigenvalue weighted by atomic mass is 10.2. The summed E-state index contributed by atoms with van der Waals surface area (Å²) in [6.45, 7) is 2.60. The lowest BCUT2D eigenvalue weighted by Crippen LogP contribution is -2.11. The van der Waals surface area contributed by atoms with Gasteiger partial charge in [-0.25, -0.2) is 8.42 Å². The minimum Gasteiger partial charge on any atom is -0.385 e. The van der Waals surface area contributed by atoms with Gasteiger partial charge in [0.15, 0.2) is 0 Å². The van der Waals surface area contributed by atoms with E-state index in [-0.39, 0.29) is 10.3 Å². The van der Waals surface area contributed by atoms with Gasteiger partial charge in [0.2, 0.25) is 9.84 Å². The first-order chi connectivity index (χ1) is 8.84. The summed E-state index contributed by atoms with van der Waals surface area (Å²) in [5.41, 5.74) is 0.690. The van der Waals surface area contributed by atoms with Crippen LogP contribution in [0, 0.1) is 0 Å². The summed E-state index contributed by atoms with van der Waals surface area (Å²) in [6, 6.07) is 5.29. The van der Waals surface area contributed by atoms with E-state index >= 15 is 0 Å². The van der Waals surface area contributed by atoms with Crippen LogP contribution >= 0.6 is 11.6 Å². The number of halogens is 3. The fourth-order valence-corrected chi connectivity index (χ4v) is 2.36. The smallest absolute Gasteiger partial charge is 0.341 e. The Balaban J connectivity index is 2.58. The van der Waals surface area contributed by atoms with Crippen LogP contribution in [0.1, 0.15) is 19.8 Å². The number of sulfone groups is 1. The Labute approximate surface area is 116 Å². The first-order valence-electron chi connectivity index (χ1n) is 5.84. The van der Waals surface area contributed by atoms with Gasteiger partial charge in [0, 0.05) is 17.6 Å². The number of benzene rings is 1. The standard InChI is InChI=1S/C12H16ClF2NO2S/c1-9(13)3-2-8-16-10-4-6-11(7-5-10)19(17,18)12(14)15/h4-7,9,12,16H,2-3,8H2,1H3.